The molecule has 3 rings (SSSR count). The molecule has 0 saturated carbocycles. The van der Waals surface area contributed by atoms with Crippen molar-refractivity contribution in [2.24, 2.45) is 5.73 Å². The maximum atomic E-state index is 11.3. The number of nitrogens with two attached hydrogens (primary N) is 1. The molecule has 0 fully saturated rings. The van der Waals surface area contributed by atoms with Gasteiger partial charge in [0, 0.05) is 18.0 Å². The zero-order chi connectivity index (χ0) is 17.6. The second-order valence-corrected chi connectivity index (χ2v) is 5.97. The zero-order valence-electron chi connectivity index (χ0n) is 14.3. The Hall–Kier alpha value is -2.89. The van der Waals surface area contributed by atoms with Gasteiger partial charge in [0.05, 0.1) is 12.8 Å². The van der Waals surface area contributed by atoms with E-state index in [1.807, 2.05) is 30.5 Å². The van der Waals surface area contributed by atoms with Gasteiger partial charge < -0.3 is 10.5 Å². The van der Waals surface area contributed by atoms with Gasteiger partial charge in [-0.3, -0.25) is 4.79 Å². The third-order valence-corrected chi connectivity index (χ3v) is 4.08. The van der Waals surface area contributed by atoms with Crippen molar-refractivity contribution in [3.8, 4) is 16.9 Å². The average molecular weight is 338 g/mol. The van der Waals surface area contributed by atoms with E-state index in [1.165, 1.54) is 25.5 Å². The van der Waals surface area contributed by atoms with Crippen molar-refractivity contribution in [2.75, 3.05) is 6.61 Å². The van der Waals surface area contributed by atoms with Crippen LogP contribution in [0, 0.1) is 0 Å². The molecule has 3 aromatic rings. The van der Waals surface area contributed by atoms with Crippen molar-refractivity contribution >= 4 is 11.6 Å². The van der Waals surface area contributed by atoms with E-state index in [-0.39, 0.29) is 0 Å². The van der Waals surface area contributed by atoms with Crippen LogP contribution in [-0.2, 0) is 0 Å². The molecule has 0 atom stereocenters. The summed E-state index contributed by atoms with van der Waals surface area (Å²) in [6.07, 6.45) is 9.74. The maximum Gasteiger partial charge on any atom is 0.254 e. The first-order chi connectivity index (χ1) is 12.2. The van der Waals surface area contributed by atoms with Gasteiger partial charge >= 0.3 is 0 Å². The van der Waals surface area contributed by atoms with Crippen LogP contribution in [0.25, 0.3) is 16.8 Å². The highest BCUT2D eigenvalue weighted by Gasteiger charge is 2.11. The van der Waals surface area contributed by atoms with Crippen LogP contribution in [0.15, 0.2) is 42.9 Å². The van der Waals surface area contributed by atoms with Crippen LogP contribution in [-0.4, -0.2) is 27.1 Å². The Bertz CT molecular complexity index is 855. The summed E-state index contributed by atoms with van der Waals surface area (Å²) < 4.78 is 7.32. The topological polar surface area (TPSA) is 82.5 Å². The molecule has 25 heavy (non-hydrogen) atoms. The minimum Gasteiger partial charge on any atom is -0.494 e. The highest BCUT2D eigenvalue weighted by Crippen LogP contribution is 2.22. The van der Waals surface area contributed by atoms with E-state index in [2.05, 4.69) is 17.0 Å². The number of hydrogen-bond acceptors (Lipinski definition) is 4. The van der Waals surface area contributed by atoms with Gasteiger partial charge in [0.2, 0.25) is 0 Å². The van der Waals surface area contributed by atoms with Gasteiger partial charge in [-0.15, -0.1) is 0 Å². The molecule has 0 saturated heterocycles. The number of rotatable bonds is 8. The van der Waals surface area contributed by atoms with E-state index >= 15 is 0 Å². The van der Waals surface area contributed by atoms with Crippen molar-refractivity contribution in [3.63, 3.8) is 0 Å². The summed E-state index contributed by atoms with van der Waals surface area (Å²) >= 11 is 0. The van der Waals surface area contributed by atoms with Gasteiger partial charge in [-0.25, -0.2) is 9.50 Å². The van der Waals surface area contributed by atoms with E-state index in [1.54, 1.807) is 10.7 Å². The van der Waals surface area contributed by atoms with Gasteiger partial charge in [0.15, 0.2) is 5.65 Å². The lowest BCUT2D eigenvalue weighted by Crippen LogP contribution is -2.10. The first-order valence-corrected chi connectivity index (χ1v) is 8.55. The summed E-state index contributed by atoms with van der Waals surface area (Å²) in [4.78, 5) is 15.6. The number of ether oxygens (including phenoxy) is 1. The average Bonchev–Trinajstić information content (AvgIpc) is 3.05. The van der Waals surface area contributed by atoms with Crippen molar-refractivity contribution < 1.29 is 9.53 Å². The Kier molecular flexibility index (Phi) is 5.28. The summed E-state index contributed by atoms with van der Waals surface area (Å²) in [6, 6.07) is 7.89. The van der Waals surface area contributed by atoms with Crippen molar-refractivity contribution in [3.05, 3.63) is 48.4 Å². The van der Waals surface area contributed by atoms with Gasteiger partial charge in [0.1, 0.15) is 11.3 Å². The zero-order valence-corrected chi connectivity index (χ0v) is 14.3. The SMILES string of the molecule is CCCCCCOc1ccc(-c2cnc3c(C(N)=O)cnn3c2)cc1. The number of unbranched alkanes of at least 4 members (excludes halogenated alkanes) is 3. The third-order valence-electron chi connectivity index (χ3n) is 4.08. The minimum atomic E-state index is -0.532. The highest BCUT2D eigenvalue weighted by molar-refractivity contribution is 5.98. The number of aromatic nitrogens is 3. The Morgan fingerprint density at radius 1 is 1.12 bits per heavy atom. The fourth-order valence-electron chi connectivity index (χ4n) is 2.66. The number of benzene rings is 1. The monoisotopic (exact) mass is 338 g/mol. The molecule has 130 valence electrons. The minimum absolute atomic E-state index is 0.318. The van der Waals surface area contributed by atoms with E-state index in [0.29, 0.717) is 11.2 Å². The molecule has 0 spiro atoms. The number of fused-ring (bicyclic) bond motifs is 1. The smallest absolute Gasteiger partial charge is 0.254 e. The van der Waals surface area contributed by atoms with Crippen LogP contribution >= 0.6 is 0 Å². The largest absolute Gasteiger partial charge is 0.494 e. The fraction of sp³-hybridized carbons (Fsp3) is 0.316. The molecule has 0 radical (unpaired) electrons. The van der Waals surface area contributed by atoms with Crippen molar-refractivity contribution in [1.29, 1.82) is 0 Å². The standard InChI is InChI=1S/C19H22N4O2/c1-2-3-4-5-10-25-16-8-6-14(7-9-16)15-11-21-19-17(18(20)24)12-22-23(19)13-15/h6-9,11-13H,2-5,10H2,1H3,(H2,20,24). The number of primary amides is 1. The quantitative estimate of drug-likeness (QED) is 0.638. The molecule has 6 heteroatoms. The second kappa shape index (κ2) is 7.79. The van der Waals surface area contributed by atoms with Crippen LogP contribution in [0.4, 0.5) is 0 Å². The molecule has 6 nitrogen and oxygen atoms in total. The molecule has 0 unspecified atom stereocenters. The van der Waals surface area contributed by atoms with Gasteiger partial charge in [-0.2, -0.15) is 5.10 Å². The van der Waals surface area contributed by atoms with Crippen LogP contribution in [0.5, 0.6) is 5.75 Å². The molecule has 0 aliphatic carbocycles. The van der Waals surface area contributed by atoms with Gasteiger partial charge in [-0.05, 0) is 24.1 Å². The molecule has 1 amide bonds. The van der Waals surface area contributed by atoms with Crippen molar-refractivity contribution in [2.45, 2.75) is 32.6 Å². The second-order valence-electron chi connectivity index (χ2n) is 5.97. The molecule has 2 N–H and O–H groups in total. The summed E-state index contributed by atoms with van der Waals surface area (Å²) in [7, 11) is 0. The Labute approximate surface area is 146 Å². The molecule has 0 aliphatic rings. The van der Waals surface area contributed by atoms with Gasteiger partial charge in [-0.1, -0.05) is 38.3 Å². The van der Waals surface area contributed by atoms with Gasteiger partial charge in [0.25, 0.3) is 5.91 Å². The Morgan fingerprint density at radius 3 is 2.64 bits per heavy atom. The normalized spacial score (nSPS) is 10.9. The number of hydrogen-bond donors (Lipinski definition) is 1. The van der Waals surface area contributed by atoms with E-state index in [0.717, 1.165) is 29.9 Å². The number of carbonyl (C=O) groups excluding carboxylic acids is 1. The molecular formula is C19H22N4O2. The molecule has 0 aliphatic heterocycles. The number of amides is 1. The lowest BCUT2D eigenvalue weighted by molar-refractivity contribution is 0.100. The van der Waals surface area contributed by atoms with Crippen LogP contribution in [0.2, 0.25) is 0 Å². The summed E-state index contributed by atoms with van der Waals surface area (Å²) in [5.41, 5.74) is 8.00. The molecular weight excluding hydrogens is 316 g/mol. The summed E-state index contributed by atoms with van der Waals surface area (Å²) in [5.74, 6) is 0.333. The molecule has 2 aromatic heterocycles. The maximum absolute atomic E-state index is 11.3. The fourth-order valence-corrected chi connectivity index (χ4v) is 2.66. The summed E-state index contributed by atoms with van der Waals surface area (Å²) in [5, 5.41) is 4.14. The Balaban J connectivity index is 1.69. The summed E-state index contributed by atoms with van der Waals surface area (Å²) in [6.45, 7) is 2.94. The third kappa shape index (κ3) is 3.96. The van der Waals surface area contributed by atoms with Crippen LogP contribution in [0.1, 0.15) is 43.0 Å². The van der Waals surface area contributed by atoms with E-state index in [4.69, 9.17) is 10.5 Å². The van der Waals surface area contributed by atoms with E-state index < -0.39 is 5.91 Å². The predicted molar refractivity (Wildman–Crippen MR) is 96.6 cm³/mol. The molecule has 1 aromatic carbocycles. The molecule has 0 bridgehead atoms. The first kappa shape index (κ1) is 17.0. The van der Waals surface area contributed by atoms with Crippen molar-refractivity contribution in [1.82, 2.24) is 14.6 Å². The Morgan fingerprint density at radius 2 is 1.92 bits per heavy atom. The number of carbonyl (C=O) groups is 1. The lowest BCUT2D eigenvalue weighted by atomic mass is 10.1. The molecule has 2 heterocycles. The predicted octanol–water partition coefficient (Wildman–Crippen LogP) is 3.45. The first-order valence-electron chi connectivity index (χ1n) is 8.55. The lowest BCUT2D eigenvalue weighted by Gasteiger charge is -2.07. The number of nitrogens with zero attached hydrogens (tertiary/aromatic N) is 3. The van der Waals surface area contributed by atoms with E-state index in [9.17, 15) is 4.79 Å². The van der Waals surface area contributed by atoms with Crippen LogP contribution in [0.3, 0.4) is 0 Å². The highest BCUT2D eigenvalue weighted by atomic mass is 16.5. The van der Waals surface area contributed by atoms with Crippen LogP contribution < -0.4 is 10.5 Å².